The van der Waals surface area contributed by atoms with Crippen molar-refractivity contribution in [3.63, 3.8) is 0 Å². The van der Waals surface area contributed by atoms with Crippen LogP contribution in [0, 0.1) is 6.92 Å². The van der Waals surface area contributed by atoms with Crippen LogP contribution in [0.25, 0.3) is 22.2 Å². The molecule has 158 valence electrons. The van der Waals surface area contributed by atoms with Crippen molar-refractivity contribution in [1.29, 1.82) is 0 Å². The quantitative estimate of drug-likeness (QED) is 0.463. The van der Waals surface area contributed by atoms with E-state index in [-0.39, 0.29) is 10.9 Å². The summed E-state index contributed by atoms with van der Waals surface area (Å²) in [7, 11) is -3.87. The van der Waals surface area contributed by atoms with Crippen LogP contribution in [0.5, 0.6) is 0 Å². The number of fused-ring (bicyclic) bond motifs is 1. The highest BCUT2D eigenvalue weighted by atomic mass is 32.2. The summed E-state index contributed by atoms with van der Waals surface area (Å²) in [6.45, 7) is 1.86. The molecule has 2 aromatic heterocycles. The third-order valence-corrected chi connectivity index (χ3v) is 7.19. The normalized spacial score (nSPS) is 14.9. The molecule has 1 fully saturated rings. The molecular formula is C24H24N4O2S. The maximum absolute atomic E-state index is 13.6. The fraction of sp³-hybridized carbons (Fsp3) is 0.250. The number of aromatic nitrogens is 3. The Morgan fingerprint density at radius 3 is 2.48 bits per heavy atom. The number of hydrogen-bond donors (Lipinski definition) is 1. The van der Waals surface area contributed by atoms with Gasteiger partial charge in [0, 0.05) is 22.8 Å². The van der Waals surface area contributed by atoms with Crippen molar-refractivity contribution in [1.82, 2.24) is 14.8 Å². The van der Waals surface area contributed by atoms with Gasteiger partial charge in [0.05, 0.1) is 17.2 Å². The molecule has 0 aliphatic heterocycles. The molecule has 2 heterocycles. The third kappa shape index (κ3) is 3.81. The summed E-state index contributed by atoms with van der Waals surface area (Å²) in [5.41, 5.74) is 3.30. The van der Waals surface area contributed by atoms with E-state index in [1.54, 1.807) is 12.3 Å². The molecule has 7 heteroatoms. The van der Waals surface area contributed by atoms with Gasteiger partial charge in [-0.1, -0.05) is 61.4 Å². The van der Waals surface area contributed by atoms with E-state index < -0.39 is 10.0 Å². The van der Waals surface area contributed by atoms with Crippen molar-refractivity contribution in [2.45, 2.75) is 43.5 Å². The largest absolute Gasteiger partial charge is 0.279 e. The molecule has 1 saturated carbocycles. The monoisotopic (exact) mass is 432 g/mol. The summed E-state index contributed by atoms with van der Waals surface area (Å²) in [6.07, 6.45) is 6.03. The van der Waals surface area contributed by atoms with E-state index >= 15 is 0 Å². The lowest BCUT2D eigenvalue weighted by Gasteiger charge is -2.11. The average Bonchev–Trinajstić information content (AvgIpc) is 3.44. The lowest BCUT2D eigenvalue weighted by Crippen LogP contribution is -2.14. The molecule has 0 spiro atoms. The van der Waals surface area contributed by atoms with Gasteiger partial charge in [0.25, 0.3) is 10.0 Å². The minimum Gasteiger partial charge on any atom is -0.279 e. The fourth-order valence-corrected chi connectivity index (χ4v) is 5.54. The smallest absolute Gasteiger partial charge is 0.265 e. The van der Waals surface area contributed by atoms with Gasteiger partial charge in [0.1, 0.15) is 10.6 Å². The van der Waals surface area contributed by atoms with E-state index in [9.17, 15) is 8.42 Å². The van der Waals surface area contributed by atoms with Gasteiger partial charge < -0.3 is 0 Å². The van der Waals surface area contributed by atoms with Crippen molar-refractivity contribution in [3.05, 3.63) is 72.6 Å². The van der Waals surface area contributed by atoms with Gasteiger partial charge in [0.15, 0.2) is 0 Å². The van der Waals surface area contributed by atoms with Gasteiger partial charge in [-0.3, -0.25) is 14.4 Å². The molecule has 0 unspecified atom stereocenters. The number of benzene rings is 2. The zero-order valence-corrected chi connectivity index (χ0v) is 18.1. The van der Waals surface area contributed by atoms with Gasteiger partial charge in [-0.2, -0.15) is 5.10 Å². The summed E-state index contributed by atoms with van der Waals surface area (Å²) in [5, 5.41) is 5.50. The number of sulfonamides is 1. The molecule has 0 atom stereocenters. The predicted molar refractivity (Wildman–Crippen MR) is 122 cm³/mol. The first-order chi connectivity index (χ1) is 15.0. The summed E-state index contributed by atoms with van der Waals surface area (Å²) in [5.74, 6) is 0. The van der Waals surface area contributed by atoms with Crippen LogP contribution >= 0.6 is 0 Å². The van der Waals surface area contributed by atoms with Crippen LogP contribution in [0.2, 0.25) is 0 Å². The zero-order valence-electron chi connectivity index (χ0n) is 17.3. The minimum absolute atomic E-state index is 0.198. The highest BCUT2D eigenvalue weighted by molar-refractivity contribution is 7.92. The number of para-hydroxylation sites is 1. The Bertz CT molecular complexity index is 1340. The van der Waals surface area contributed by atoms with E-state index in [1.807, 2.05) is 66.2 Å². The topological polar surface area (TPSA) is 76.9 Å². The second-order valence-electron chi connectivity index (χ2n) is 8.06. The van der Waals surface area contributed by atoms with Crippen molar-refractivity contribution in [2.75, 3.05) is 4.72 Å². The van der Waals surface area contributed by atoms with E-state index in [0.717, 1.165) is 47.8 Å². The van der Waals surface area contributed by atoms with Crippen LogP contribution in [-0.4, -0.2) is 23.2 Å². The van der Waals surface area contributed by atoms with Gasteiger partial charge in [0.2, 0.25) is 0 Å². The number of nitrogens with zero attached hydrogens (tertiary/aromatic N) is 3. The Hall–Kier alpha value is -3.19. The summed E-state index contributed by atoms with van der Waals surface area (Å²) in [4.78, 5) is 4.71. The first kappa shape index (κ1) is 19.8. The summed E-state index contributed by atoms with van der Waals surface area (Å²) >= 11 is 0. The van der Waals surface area contributed by atoms with Gasteiger partial charge in [-0.25, -0.2) is 8.42 Å². The molecule has 6 nitrogen and oxygen atoms in total. The Kier molecular flexibility index (Phi) is 4.98. The van der Waals surface area contributed by atoms with Crippen molar-refractivity contribution >= 4 is 26.6 Å². The van der Waals surface area contributed by atoms with Crippen LogP contribution in [0.1, 0.15) is 37.4 Å². The summed E-state index contributed by atoms with van der Waals surface area (Å²) in [6, 6.07) is 19.0. The maximum atomic E-state index is 13.6. The Labute approximate surface area is 182 Å². The molecule has 4 aromatic rings. The molecule has 31 heavy (non-hydrogen) atoms. The van der Waals surface area contributed by atoms with Gasteiger partial charge in [-0.15, -0.1) is 0 Å². The second-order valence-corrected chi connectivity index (χ2v) is 9.71. The van der Waals surface area contributed by atoms with Crippen LogP contribution in [-0.2, 0) is 10.0 Å². The van der Waals surface area contributed by atoms with Crippen molar-refractivity contribution in [3.8, 4) is 11.3 Å². The highest BCUT2D eigenvalue weighted by Crippen LogP contribution is 2.34. The lowest BCUT2D eigenvalue weighted by atomic mass is 10.2. The van der Waals surface area contributed by atoms with Crippen LogP contribution < -0.4 is 4.72 Å². The molecule has 1 aliphatic rings. The number of hydrogen-bond acceptors (Lipinski definition) is 4. The molecule has 5 rings (SSSR count). The van der Waals surface area contributed by atoms with Crippen LogP contribution in [0.4, 0.5) is 5.69 Å². The number of aryl methyl sites for hydroxylation is 1. The van der Waals surface area contributed by atoms with E-state index in [4.69, 9.17) is 5.10 Å². The molecule has 1 aliphatic carbocycles. The third-order valence-electron chi connectivity index (χ3n) is 5.82. The first-order valence-electron chi connectivity index (χ1n) is 10.5. The van der Waals surface area contributed by atoms with Crippen LogP contribution in [0.3, 0.4) is 0 Å². The number of pyridine rings is 1. The molecule has 1 N–H and O–H groups in total. The molecule has 0 bridgehead atoms. The molecule has 2 aromatic carbocycles. The fourth-order valence-electron chi connectivity index (χ4n) is 4.32. The summed E-state index contributed by atoms with van der Waals surface area (Å²) < 4.78 is 31.8. The zero-order chi connectivity index (χ0) is 21.4. The van der Waals surface area contributed by atoms with E-state index in [0.29, 0.717) is 11.4 Å². The minimum atomic E-state index is -3.87. The van der Waals surface area contributed by atoms with Crippen LogP contribution in [0.15, 0.2) is 71.8 Å². The SMILES string of the molecule is Cc1cc(NS(=O)(=O)c2cn(C3CCCC3)nc2-c2ccccc2)c2ccccc2n1. The van der Waals surface area contributed by atoms with Gasteiger partial charge in [-0.05, 0) is 31.9 Å². The van der Waals surface area contributed by atoms with Crippen molar-refractivity contribution in [2.24, 2.45) is 0 Å². The Morgan fingerprint density at radius 2 is 1.71 bits per heavy atom. The molecular weight excluding hydrogens is 408 g/mol. The highest BCUT2D eigenvalue weighted by Gasteiger charge is 2.27. The number of anilines is 1. The number of nitrogens with one attached hydrogen (secondary N) is 1. The maximum Gasteiger partial charge on any atom is 0.265 e. The first-order valence-corrected chi connectivity index (χ1v) is 12.0. The van der Waals surface area contributed by atoms with Gasteiger partial charge >= 0.3 is 0 Å². The van der Waals surface area contributed by atoms with E-state index in [1.165, 1.54) is 0 Å². The number of rotatable bonds is 5. The van der Waals surface area contributed by atoms with E-state index in [2.05, 4.69) is 9.71 Å². The standard InChI is InChI=1S/C24H24N4O2S/c1-17-15-22(20-13-7-8-14-21(20)25-17)27-31(29,30)23-16-28(19-11-5-6-12-19)26-24(23)18-9-3-2-4-10-18/h2-4,7-10,13-16,19H,5-6,11-12H2,1H3,(H,25,27). The molecule has 0 radical (unpaired) electrons. The second kappa shape index (κ2) is 7.81. The Balaban J connectivity index is 1.62. The molecule has 0 saturated heterocycles. The average molecular weight is 433 g/mol. The molecule has 0 amide bonds. The predicted octanol–water partition coefficient (Wildman–Crippen LogP) is 5.32. The Morgan fingerprint density at radius 1 is 1.00 bits per heavy atom. The van der Waals surface area contributed by atoms with Crippen molar-refractivity contribution < 1.29 is 8.42 Å². The lowest BCUT2D eigenvalue weighted by molar-refractivity contribution is 0.467.